The summed E-state index contributed by atoms with van der Waals surface area (Å²) in [5.74, 6) is 5.62. The molecule has 1 aromatic heterocycles. The fourth-order valence-electron chi connectivity index (χ4n) is 1.55. The predicted molar refractivity (Wildman–Crippen MR) is 78.3 cm³/mol. The fourth-order valence-corrected chi connectivity index (χ4v) is 1.55. The molecule has 0 amide bonds. The number of rotatable bonds is 3. The third-order valence-electron chi connectivity index (χ3n) is 2.54. The Bertz CT molecular complexity index is 697. The Morgan fingerprint density at radius 2 is 2.19 bits per heavy atom. The second-order valence-corrected chi connectivity index (χ2v) is 4.01. The van der Waals surface area contributed by atoms with E-state index in [9.17, 15) is 8.78 Å². The van der Waals surface area contributed by atoms with Gasteiger partial charge in [0.15, 0.2) is 0 Å². The summed E-state index contributed by atoms with van der Waals surface area (Å²) in [4.78, 5) is 7.72. The number of alkyl halides is 2. The average molecular weight is 286 g/mol. The van der Waals surface area contributed by atoms with E-state index < -0.39 is 6.55 Å². The van der Waals surface area contributed by atoms with E-state index in [2.05, 4.69) is 33.6 Å². The van der Waals surface area contributed by atoms with Gasteiger partial charge in [0.1, 0.15) is 5.69 Å². The van der Waals surface area contributed by atoms with Gasteiger partial charge in [0, 0.05) is 36.3 Å². The van der Waals surface area contributed by atoms with Crippen molar-refractivity contribution in [2.45, 2.75) is 13.0 Å². The molecule has 0 bridgehead atoms. The molecule has 0 saturated heterocycles. The number of hydrogen-bond acceptors (Lipinski definition) is 3. The molecule has 0 spiro atoms. The van der Waals surface area contributed by atoms with Crippen LogP contribution >= 0.6 is 0 Å². The summed E-state index contributed by atoms with van der Waals surface area (Å²) in [5, 5.41) is 3.65. The third kappa shape index (κ3) is 4.35. The molecule has 1 aliphatic rings. The number of aliphatic imine (C=N–C) groups is 2. The zero-order valence-corrected chi connectivity index (χ0v) is 11.1. The Kier molecular flexibility index (Phi) is 4.94. The topological polar surface area (TPSA) is 42.5 Å². The van der Waals surface area contributed by atoms with Gasteiger partial charge in [-0.2, -0.15) is 13.9 Å². The maximum atomic E-state index is 12.3. The van der Waals surface area contributed by atoms with Crippen molar-refractivity contribution in [3.05, 3.63) is 54.2 Å². The van der Waals surface area contributed by atoms with Crippen molar-refractivity contribution in [2.24, 2.45) is 9.98 Å². The molecular formula is C15H12F2N4. The van der Waals surface area contributed by atoms with Crippen LogP contribution in [0.25, 0.3) is 0 Å². The van der Waals surface area contributed by atoms with Gasteiger partial charge in [-0.05, 0) is 30.9 Å². The van der Waals surface area contributed by atoms with Crippen LogP contribution in [-0.2, 0) is 0 Å². The molecule has 2 rings (SSSR count). The minimum Gasteiger partial charge on any atom is -0.271 e. The summed E-state index contributed by atoms with van der Waals surface area (Å²) in [6, 6.07) is 1.45. The van der Waals surface area contributed by atoms with Gasteiger partial charge in [0.05, 0.1) is 0 Å². The first-order valence-corrected chi connectivity index (χ1v) is 6.10. The van der Waals surface area contributed by atoms with E-state index in [0.717, 1.165) is 11.3 Å². The number of halogens is 2. The Morgan fingerprint density at radius 3 is 2.81 bits per heavy atom. The van der Waals surface area contributed by atoms with Crippen LogP contribution in [0.4, 0.5) is 8.78 Å². The van der Waals surface area contributed by atoms with E-state index >= 15 is 0 Å². The summed E-state index contributed by atoms with van der Waals surface area (Å²) < 4.78 is 25.3. The number of hydrogen-bond donors (Lipinski definition) is 0. The summed E-state index contributed by atoms with van der Waals surface area (Å²) in [6.45, 7) is 0.665. The highest BCUT2D eigenvalue weighted by molar-refractivity contribution is 5.98. The second kappa shape index (κ2) is 7.10. The fraction of sp³-hybridized carbons (Fsp3) is 0.133. The monoisotopic (exact) mass is 286 g/mol. The van der Waals surface area contributed by atoms with Crippen LogP contribution in [0.1, 0.15) is 18.7 Å². The number of nitrogens with zero attached hydrogens (tertiary/aromatic N) is 4. The van der Waals surface area contributed by atoms with Gasteiger partial charge in [-0.15, -0.1) is 0 Å². The Hall–Kier alpha value is -2.81. The van der Waals surface area contributed by atoms with Gasteiger partial charge in [-0.1, -0.05) is 12.0 Å². The molecule has 1 heterocycles. The standard InChI is InChI=1S/C15H12F2N4/c1-18-9-10-19-13-5-2-12(3-6-13)4-7-14-8-11-21(20-14)15(16)17/h2-3,5,8-11,15H,1,6H2/b10-9-,19-13-. The van der Waals surface area contributed by atoms with Gasteiger partial charge in [-0.3, -0.25) is 9.98 Å². The van der Waals surface area contributed by atoms with Gasteiger partial charge in [-0.25, -0.2) is 4.68 Å². The van der Waals surface area contributed by atoms with Gasteiger partial charge >= 0.3 is 6.55 Å². The Morgan fingerprint density at radius 1 is 1.33 bits per heavy atom. The molecule has 0 radical (unpaired) electrons. The minimum absolute atomic E-state index is 0.309. The average Bonchev–Trinajstić information content (AvgIpc) is 2.96. The van der Waals surface area contributed by atoms with Crippen molar-refractivity contribution in [3.8, 4) is 11.8 Å². The number of aromatic nitrogens is 2. The lowest BCUT2D eigenvalue weighted by Crippen LogP contribution is -1.98. The van der Waals surface area contributed by atoms with Crippen LogP contribution in [0.15, 0.2) is 58.4 Å². The van der Waals surface area contributed by atoms with E-state index in [1.54, 1.807) is 6.20 Å². The van der Waals surface area contributed by atoms with Crippen molar-refractivity contribution in [3.63, 3.8) is 0 Å². The zero-order chi connectivity index (χ0) is 15.1. The lowest BCUT2D eigenvalue weighted by Gasteiger charge is -2.01. The molecular weight excluding hydrogens is 274 g/mol. The molecule has 0 aromatic carbocycles. The molecule has 0 N–H and O–H groups in total. The molecule has 1 aliphatic carbocycles. The van der Waals surface area contributed by atoms with Crippen molar-refractivity contribution in [1.82, 2.24) is 9.78 Å². The van der Waals surface area contributed by atoms with Crippen molar-refractivity contribution >= 4 is 12.4 Å². The Balaban J connectivity index is 2.01. The molecule has 0 saturated carbocycles. The zero-order valence-electron chi connectivity index (χ0n) is 11.1. The van der Waals surface area contributed by atoms with Crippen molar-refractivity contribution in [2.75, 3.05) is 0 Å². The molecule has 106 valence electrons. The van der Waals surface area contributed by atoms with Crippen LogP contribution in [0, 0.1) is 11.8 Å². The van der Waals surface area contributed by atoms with Crippen LogP contribution in [0.2, 0.25) is 0 Å². The normalized spacial score (nSPS) is 16.1. The lowest BCUT2D eigenvalue weighted by molar-refractivity contribution is 0.0565. The summed E-state index contributed by atoms with van der Waals surface area (Å²) in [6.07, 6.45) is 10.5. The first-order chi connectivity index (χ1) is 10.2. The van der Waals surface area contributed by atoms with E-state index in [0.29, 0.717) is 16.8 Å². The Labute approximate surface area is 120 Å². The van der Waals surface area contributed by atoms with Crippen LogP contribution in [-0.4, -0.2) is 22.2 Å². The van der Waals surface area contributed by atoms with E-state index in [1.165, 1.54) is 18.5 Å². The maximum absolute atomic E-state index is 12.3. The van der Waals surface area contributed by atoms with Crippen molar-refractivity contribution < 1.29 is 8.78 Å². The van der Waals surface area contributed by atoms with Crippen molar-refractivity contribution in [1.29, 1.82) is 0 Å². The molecule has 0 atom stereocenters. The predicted octanol–water partition coefficient (Wildman–Crippen LogP) is 3.13. The van der Waals surface area contributed by atoms with Crippen LogP contribution < -0.4 is 0 Å². The first-order valence-electron chi connectivity index (χ1n) is 6.10. The summed E-state index contributed by atoms with van der Waals surface area (Å²) >= 11 is 0. The van der Waals surface area contributed by atoms with Gasteiger partial charge in [0.2, 0.25) is 0 Å². The highest BCUT2D eigenvalue weighted by Gasteiger charge is 2.05. The first kappa shape index (κ1) is 14.6. The maximum Gasteiger partial charge on any atom is 0.333 e. The van der Waals surface area contributed by atoms with Gasteiger partial charge in [0.25, 0.3) is 0 Å². The van der Waals surface area contributed by atoms with Gasteiger partial charge < -0.3 is 0 Å². The second-order valence-electron chi connectivity index (χ2n) is 4.01. The molecule has 1 aromatic rings. The molecule has 4 nitrogen and oxygen atoms in total. The van der Waals surface area contributed by atoms with Crippen LogP contribution in [0.3, 0.4) is 0 Å². The molecule has 0 unspecified atom stereocenters. The van der Waals surface area contributed by atoms with E-state index in [1.807, 2.05) is 18.2 Å². The SMILES string of the molecule is C=N/C=C\N=C1\C=CC(C#Cc2ccn(C(F)F)n2)=CC1. The summed E-state index contributed by atoms with van der Waals surface area (Å²) in [7, 11) is 0. The smallest absolute Gasteiger partial charge is 0.271 e. The lowest BCUT2D eigenvalue weighted by atomic mass is 10.1. The third-order valence-corrected chi connectivity index (χ3v) is 2.54. The van der Waals surface area contributed by atoms with E-state index in [-0.39, 0.29) is 0 Å². The van der Waals surface area contributed by atoms with Crippen LogP contribution in [0.5, 0.6) is 0 Å². The molecule has 6 heteroatoms. The van der Waals surface area contributed by atoms with E-state index in [4.69, 9.17) is 0 Å². The summed E-state index contributed by atoms with van der Waals surface area (Å²) in [5.41, 5.74) is 1.98. The minimum atomic E-state index is -2.65. The highest BCUT2D eigenvalue weighted by atomic mass is 19.3. The largest absolute Gasteiger partial charge is 0.333 e. The molecule has 0 fully saturated rings. The highest BCUT2D eigenvalue weighted by Crippen LogP contribution is 2.10. The molecule has 21 heavy (non-hydrogen) atoms. The number of allylic oxidation sites excluding steroid dienone is 4. The quantitative estimate of drug-likeness (QED) is 0.622. The molecule has 0 aliphatic heterocycles.